The Morgan fingerprint density at radius 2 is 2.11 bits per heavy atom. The van der Waals surface area contributed by atoms with Crippen molar-refractivity contribution in [2.45, 2.75) is 33.3 Å². The van der Waals surface area contributed by atoms with Crippen molar-refractivity contribution in [3.8, 4) is 5.75 Å². The molecule has 1 aromatic carbocycles. The van der Waals surface area contributed by atoms with Gasteiger partial charge in [0.05, 0.1) is 13.7 Å². The first-order valence-electron chi connectivity index (χ1n) is 5.71. The SMILES string of the molecule is [C-]#[N+]c1cc(COC(C)=O)cc(C(C)C)c1OC. The maximum absolute atomic E-state index is 10.8. The molecule has 1 aromatic rings. The smallest absolute Gasteiger partial charge is 0.302 e. The fraction of sp³-hybridized carbons (Fsp3) is 0.429. The highest BCUT2D eigenvalue weighted by Gasteiger charge is 2.14. The van der Waals surface area contributed by atoms with E-state index in [0.717, 1.165) is 11.1 Å². The van der Waals surface area contributed by atoms with E-state index >= 15 is 0 Å². The second-order valence-corrected chi connectivity index (χ2v) is 4.28. The third-order valence-electron chi connectivity index (χ3n) is 2.55. The van der Waals surface area contributed by atoms with E-state index in [1.54, 1.807) is 13.2 Å². The van der Waals surface area contributed by atoms with Gasteiger partial charge in [0.1, 0.15) is 12.4 Å². The third kappa shape index (κ3) is 3.24. The minimum absolute atomic E-state index is 0.182. The van der Waals surface area contributed by atoms with Crippen LogP contribution in [0.2, 0.25) is 0 Å². The number of carbonyl (C=O) groups is 1. The summed E-state index contributed by atoms with van der Waals surface area (Å²) < 4.78 is 10.2. The van der Waals surface area contributed by atoms with E-state index in [2.05, 4.69) is 4.85 Å². The molecule has 0 fully saturated rings. The molecule has 18 heavy (non-hydrogen) atoms. The van der Waals surface area contributed by atoms with Gasteiger partial charge in [-0.05, 0) is 23.1 Å². The molecule has 0 aromatic heterocycles. The largest absolute Gasteiger partial charge is 0.507 e. The van der Waals surface area contributed by atoms with Crippen molar-refractivity contribution in [1.29, 1.82) is 0 Å². The predicted molar refractivity (Wildman–Crippen MR) is 68.8 cm³/mol. The molecule has 0 atom stereocenters. The fourth-order valence-corrected chi connectivity index (χ4v) is 1.70. The molecule has 0 aliphatic heterocycles. The van der Waals surface area contributed by atoms with Crippen LogP contribution in [0.1, 0.15) is 37.8 Å². The Labute approximate surface area is 107 Å². The van der Waals surface area contributed by atoms with Crippen LogP contribution >= 0.6 is 0 Å². The summed E-state index contributed by atoms with van der Waals surface area (Å²) in [5.41, 5.74) is 2.21. The second-order valence-electron chi connectivity index (χ2n) is 4.28. The lowest BCUT2D eigenvalue weighted by Crippen LogP contribution is -2.01. The number of rotatable bonds is 4. The van der Waals surface area contributed by atoms with Crippen LogP contribution in [0.15, 0.2) is 12.1 Å². The second kappa shape index (κ2) is 6.06. The van der Waals surface area contributed by atoms with Crippen molar-refractivity contribution in [1.82, 2.24) is 0 Å². The molecule has 0 saturated heterocycles. The number of ether oxygens (including phenoxy) is 2. The van der Waals surface area contributed by atoms with Crippen LogP contribution < -0.4 is 4.74 Å². The molecule has 0 unspecified atom stereocenters. The zero-order valence-electron chi connectivity index (χ0n) is 11.1. The van der Waals surface area contributed by atoms with Crippen molar-refractivity contribution in [2.24, 2.45) is 0 Å². The molecule has 0 saturated carbocycles. The Morgan fingerprint density at radius 1 is 1.44 bits per heavy atom. The number of esters is 1. The zero-order chi connectivity index (χ0) is 13.7. The first-order valence-corrected chi connectivity index (χ1v) is 5.71. The summed E-state index contributed by atoms with van der Waals surface area (Å²) in [6.45, 7) is 12.8. The molecule has 4 nitrogen and oxygen atoms in total. The van der Waals surface area contributed by atoms with Crippen molar-refractivity contribution in [3.63, 3.8) is 0 Å². The molecule has 1 rings (SSSR count). The van der Waals surface area contributed by atoms with Crippen LogP contribution in [0, 0.1) is 6.57 Å². The average molecular weight is 247 g/mol. The Bertz CT molecular complexity index is 487. The molecule has 4 heteroatoms. The summed E-state index contributed by atoms with van der Waals surface area (Å²) in [5.74, 6) is 0.505. The van der Waals surface area contributed by atoms with Crippen molar-refractivity contribution in [3.05, 3.63) is 34.7 Å². The van der Waals surface area contributed by atoms with Gasteiger partial charge in [-0.2, -0.15) is 0 Å². The first kappa shape index (κ1) is 14.0. The molecule has 0 N–H and O–H groups in total. The van der Waals surface area contributed by atoms with Gasteiger partial charge in [0.2, 0.25) is 5.69 Å². The van der Waals surface area contributed by atoms with E-state index < -0.39 is 0 Å². The van der Waals surface area contributed by atoms with Gasteiger partial charge in [0.25, 0.3) is 0 Å². The number of benzene rings is 1. The molecule has 0 aliphatic carbocycles. The topological polar surface area (TPSA) is 39.9 Å². The van der Waals surface area contributed by atoms with E-state index in [1.807, 2.05) is 19.9 Å². The average Bonchev–Trinajstić information content (AvgIpc) is 2.34. The predicted octanol–water partition coefficient (Wildman–Crippen LogP) is 3.43. The van der Waals surface area contributed by atoms with Gasteiger partial charge in [0, 0.05) is 6.92 Å². The van der Waals surface area contributed by atoms with E-state index in [0.29, 0.717) is 11.4 Å². The number of hydrogen-bond donors (Lipinski definition) is 0. The van der Waals surface area contributed by atoms with Crippen molar-refractivity contribution in [2.75, 3.05) is 7.11 Å². The Balaban J connectivity index is 3.20. The van der Waals surface area contributed by atoms with Crippen molar-refractivity contribution >= 4 is 11.7 Å². The normalized spacial score (nSPS) is 10.0. The highest BCUT2D eigenvalue weighted by molar-refractivity contribution is 5.66. The lowest BCUT2D eigenvalue weighted by molar-refractivity contribution is -0.142. The van der Waals surface area contributed by atoms with Gasteiger partial charge in [-0.25, -0.2) is 4.85 Å². The molecule has 0 spiro atoms. The van der Waals surface area contributed by atoms with Crippen LogP contribution in [0.3, 0.4) is 0 Å². The van der Waals surface area contributed by atoms with Gasteiger partial charge in [0.15, 0.2) is 0 Å². The minimum Gasteiger partial charge on any atom is -0.507 e. The Kier molecular flexibility index (Phi) is 4.73. The van der Waals surface area contributed by atoms with Gasteiger partial charge in [-0.15, -0.1) is 0 Å². The van der Waals surface area contributed by atoms with E-state index in [9.17, 15) is 4.79 Å². The summed E-state index contributed by atoms with van der Waals surface area (Å²) in [5, 5.41) is 0. The number of carbonyl (C=O) groups excluding carboxylic acids is 1. The molecule has 96 valence electrons. The summed E-state index contributed by atoms with van der Waals surface area (Å²) >= 11 is 0. The van der Waals surface area contributed by atoms with Gasteiger partial charge >= 0.3 is 5.97 Å². The van der Waals surface area contributed by atoms with Crippen LogP contribution in [-0.2, 0) is 16.1 Å². The molecular weight excluding hydrogens is 230 g/mol. The lowest BCUT2D eigenvalue weighted by atomic mass is 9.98. The number of hydrogen-bond acceptors (Lipinski definition) is 3. The third-order valence-corrected chi connectivity index (χ3v) is 2.55. The Hall–Kier alpha value is -2.02. The van der Waals surface area contributed by atoms with E-state index in [1.165, 1.54) is 6.92 Å². The number of methoxy groups -OCH3 is 1. The summed E-state index contributed by atoms with van der Waals surface area (Å²) in [6.07, 6.45) is 0. The number of nitrogens with zero attached hydrogens (tertiary/aromatic N) is 1. The zero-order valence-corrected chi connectivity index (χ0v) is 11.1. The maximum Gasteiger partial charge on any atom is 0.302 e. The molecule has 0 amide bonds. The van der Waals surface area contributed by atoms with E-state index in [-0.39, 0.29) is 18.5 Å². The maximum atomic E-state index is 10.8. The Morgan fingerprint density at radius 3 is 2.56 bits per heavy atom. The monoisotopic (exact) mass is 247 g/mol. The first-order chi connectivity index (χ1) is 8.49. The van der Waals surface area contributed by atoms with Crippen LogP contribution in [-0.4, -0.2) is 13.1 Å². The highest BCUT2D eigenvalue weighted by atomic mass is 16.5. The molecular formula is C14H17NO3. The van der Waals surface area contributed by atoms with Gasteiger partial charge in [-0.1, -0.05) is 19.9 Å². The molecule has 0 radical (unpaired) electrons. The summed E-state index contributed by atoms with van der Waals surface area (Å²) in [7, 11) is 1.56. The lowest BCUT2D eigenvalue weighted by Gasteiger charge is -2.15. The van der Waals surface area contributed by atoms with Crippen molar-refractivity contribution < 1.29 is 14.3 Å². The minimum atomic E-state index is -0.332. The standard InChI is InChI=1S/C14H17NO3/c1-9(2)12-6-11(8-18-10(3)16)7-13(15-4)14(12)17-5/h6-7,9H,8H2,1-3,5H3. The summed E-state index contributed by atoms with van der Waals surface area (Å²) in [6, 6.07) is 3.61. The summed E-state index contributed by atoms with van der Waals surface area (Å²) in [4.78, 5) is 14.3. The van der Waals surface area contributed by atoms with E-state index in [4.69, 9.17) is 16.0 Å². The van der Waals surface area contributed by atoms with Gasteiger partial charge in [-0.3, -0.25) is 4.79 Å². The molecule has 0 aliphatic rings. The molecule has 0 heterocycles. The van der Waals surface area contributed by atoms with Gasteiger partial charge < -0.3 is 9.47 Å². The van der Waals surface area contributed by atoms with Crippen LogP contribution in [0.4, 0.5) is 5.69 Å². The van der Waals surface area contributed by atoms with Crippen LogP contribution in [0.5, 0.6) is 5.75 Å². The van der Waals surface area contributed by atoms with Crippen LogP contribution in [0.25, 0.3) is 4.85 Å². The fourth-order valence-electron chi connectivity index (χ4n) is 1.70. The highest BCUT2D eigenvalue weighted by Crippen LogP contribution is 2.37. The quantitative estimate of drug-likeness (QED) is 0.604. The molecule has 0 bridgehead atoms.